The molecule has 2 aliphatic heterocycles. The fraction of sp³-hybridized carbons (Fsp3) is 1.00. The molecule has 0 bridgehead atoms. The molecule has 15 atom stereocenters. The lowest BCUT2D eigenvalue weighted by molar-refractivity contribution is -0.320. The van der Waals surface area contributed by atoms with E-state index in [1.807, 2.05) is 0 Å². The summed E-state index contributed by atoms with van der Waals surface area (Å²) in [6.45, 7) is 2.81. The van der Waals surface area contributed by atoms with Gasteiger partial charge in [0.15, 0.2) is 12.6 Å². The molecule has 0 aromatic rings. The van der Waals surface area contributed by atoms with Crippen LogP contribution in [0.5, 0.6) is 0 Å². The maximum atomic E-state index is 11.2. The third kappa shape index (κ3) is 5.81. The van der Waals surface area contributed by atoms with E-state index in [0.717, 1.165) is 0 Å². The Kier molecular flexibility index (Phi) is 9.49. The van der Waals surface area contributed by atoms with Crippen LogP contribution in [0.2, 0.25) is 0 Å². The van der Waals surface area contributed by atoms with E-state index in [1.165, 1.54) is 13.8 Å². The van der Waals surface area contributed by atoms with Crippen LogP contribution in [0.4, 0.5) is 0 Å². The number of hydrogen-bond donors (Lipinski definition) is 10. The van der Waals surface area contributed by atoms with E-state index in [1.54, 1.807) is 14.1 Å². The average Bonchev–Trinajstić information content (AvgIpc) is 2.79. The van der Waals surface area contributed by atoms with Gasteiger partial charge in [0.1, 0.15) is 48.3 Å². The van der Waals surface area contributed by atoms with Gasteiger partial charge in [-0.15, -0.1) is 0 Å². The first kappa shape index (κ1) is 29.0. The normalized spacial score (nSPS) is 52.3. The molecule has 2 heterocycles. The summed E-state index contributed by atoms with van der Waals surface area (Å²) in [7, 11) is 3.27. The van der Waals surface area contributed by atoms with Gasteiger partial charge in [0.05, 0.1) is 24.8 Å². The Balaban J connectivity index is 1.76. The molecule has 12 N–H and O–H groups in total. The molecule has 14 heteroatoms. The van der Waals surface area contributed by atoms with Crippen LogP contribution in [0.1, 0.15) is 20.3 Å². The van der Waals surface area contributed by atoms with Crippen LogP contribution >= 0.6 is 0 Å². The number of aliphatic hydroxyl groups is 6. The fourth-order valence-electron chi connectivity index (χ4n) is 5.18. The van der Waals surface area contributed by atoms with Crippen molar-refractivity contribution >= 4 is 0 Å². The zero-order valence-electron chi connectivity index (χ0n) is 20.5. The molecule has 14 nitrogen and oxygen atoms in total. The van der Waals surface area contributed by atoms with Crippen molar-refractivity contribution in [3.63, 3.8) is 0 Å². The maximum absolute atomic E-state index is 11.2. The number of nitrogens with one attached hydrogen (secondary N) is 2. The molecule has 3 rings (SSSR count). The number of hydrogen-bond acceptors (Lipinski definition) is 14. The second-order valence-corrected chi connectivity index (χ2v) is 10.0. The van der Waals surface area contributed by atoms with Crippen LogP contribution in [-0.4, -0.2) is 143 Å². The van der Waals surface area contributed by atoms with Crippen LogP contribution in [0.3, 0.4) is 0 Å². The minimum absolute atomic E-state index is 0.113. The van der Waals surface area contributed by atoms with Crippen molar-refractivity contribution in [3.8, 4) is 0 Å². The van der Waals surface area contributed by atoms with Gasteiger partial charge < -0.3 is 71.7 Å². The molecular formula is C21H42N4O10. The Hall–Kier alpha value is -0.560. The number of rotatable bonds is 7. The quantitative estimate of drug-likeness (QED) is 0.154. The van der Waals surface area contributed by atoms with Crippen LogP contribution in [0.25, 0.3) is 0 Å². The molecule has 0 aromatic heterocycles. The van der Waals surface area contributed by atoms with Crippen molar-refractivity contribution in [2.45, 2.75) is 111 Å². The van der Waals surface area contributed by atoms with Crippen LogP contribution in [-0.2, 0) is 18.9 Å². The number of aliphatic hydroxyl groups excluding tert-OH is 5. The third-order valence-corrected chi connectivity index (χ3v) is 7.27. The molecule has 35 heavy (non-hydrogen) atoms. The summed E-state index contributed by atoms with van der Waals surface area (Å²) >= 11 is 0. The lowest BCUT2D eigenvalue weighted by Gasteiger charge is -2.49. The Morgan fingerprint density at radius 3 is 2.14 bits per heavy atom. The highest BCUT2D eigenvalue weighted by molar-refractivity contribution is 5.03. The number of ether oxygens (including phenoxy) is 4. The topological polar surface area (TPSA) is 234 Å². The van der Waals surface area contributed by atoms with Crippen LogP contribution < -0.4 is 22.1 Å². The molecular weight excluding hydrogens is 468 g/mol. The van der Waals surface area contributed by atoms with Gasteiger partial charge >= 0.3 is 0 Å². The highest BCUT2D eigenvalue weighted by Gasteiger charge is 2.52. The van der Waals surface area contributed by atoms with Crippen molar-refractivity contribution in [2.75, 3.05) is 20.7 Å². The van der Waals surface area contributed by atoms with Gasteiger partial charge in [-0.2, -0.15) is 0 Å². The molecule has 206 valence electrons. The number of likely N-dealkylation sites (N-methyl/N-ethyl adjacent to an activating group) is 2. The van der Waals surface area contributed by atoms with Gasteiger partial charge in [-0.25, -0.2) is 0 Å². The van der Waals surface area contributed by atoms with Crippen LogP contribution in [0, 0.1) is 0 Å². The van der Waals surface area contributed by atoms with E-state index in [2.05, 4.69) is 10.6 Å². The van der Waals surface area contributed by atoms with E-state index in [-0.39, 0.29) is 6.61 Å². The molecule has 0 amide bonds. The standard InChI is InChI=1S/C21H42N4O10/c1-7(26)15-12(28)11(27)10(23)19(33-15)34-16-8(22)5-9(24-3)17(13(16)29)35-20-14(30)18(25-4)21(2,31)6-32-20/h7-20,24-31H,5-6,22-23H2,1-4H3. The summed E-state index contributed by atoms with van der Waals surface area (Å²) in [6.07, 6.45) is -11.9. The van der Waals surface area contributed by atoms with Gasteiger partial charge in [0.25, 0.3) is 0 Å². The van der Waals surface area contributed by atoms with Gasteiger partial charge in [-0.05, 0) is 34.4 Å². The van der Waals surface area contributed by atoms with Gasteiger partial charge in [-0.3, -0.25) is 0 Å². The Morgan fingerprint density at radius 2 is 1.57 bits per heavy atom. The first-order valence-corrected chi connectivity index (χ1v) is 11.9. The molecule has 0 aromatic carbocycles. The third-order valence-electron chi connectivity index (χ3n) is 7.27. The van der Waals surface area contributed by atoms with Crippen molar-refractivity contribution in [3.05, 3.63) is 0 Å². The van der Waals surface area contributed by atoms with Crippen molar-refractivity contribution < 1.29 is 49.6 Å². The summed E-state index contributed by atoms with van der Waals surface area (Å²) in [5.41, 5.74) is 11.0. The molecule has 2 saturated heterocycles. The molecule has 15 unspecified atom stereocenters. The summed E-state index contributed by atoms with van der Waals surface area (Å²) in [5.74, 6) is 0. The molecule has 0 spiro atoms. The second-order valence-electron chi connectivity index (χ2n) is 10.0. The smallest absolute Gasteiger partial charge is 0.185 e. The Bertz CT molecular complexity index is 690. The highest BCUT2D eigenvalue weighted by Crippen LogP contribution is 2.32. The van der Waals surface area contributed by atoms with E-state index >= 15 is 0 Å². The van der Waals surface area contributed by atoms with Gasteiger partial charge in [-0.1, -0.05) is 0 Å². The number of nitrogens with two attached hydrogens (primary N) is 2. The molecule has 3 aliphatic rings. The van der Waals surface area contributed by atoms with E-state index in [4.69, 9.17) is 30.4 Å². The van der Waals surface area contributed by atoms with E-state index < -0.39 is 91.2 Å². The van der Waals surface area contributed by atoms with E-state index in [0.29, 0.717) is 6.42 Å². The van der Waals surface area contributed by atoms with Gasteiger partial charge in [0.2, 0.25) is 0 Å². The van der Waals surface area contributed by atoms with Crippen molar-refractivity contribution in [2.24, 2.45) is 11.5 Å². The second kappa shape index (κ2) is 11.4. The van der Waals surface area contributed by atoms with Crippen LogP contribution in [0.15, 0.2) is 0 Å². The molecule has 1 aliphatic carbocycles. The van der Waals surface area contributed by atoms with E-state index in [9.17, 15) is 30.6 Å². The summed E-state index contributed by atoms with van der Waals surface area (Å²) in [4.78, 5) is 0. The highest BCUT2D eigenvalue weighted by atomic mass is 16.7. The largest absolute Gasteiger partial charge is 0.391 e. The first-order chi connectivity index (χ1) is 16.3. The Morgan fingerprint density at radius 1 is 0.943 bits per heavy atom. The lowest BCUT2D eigenvalue weighted by Crippen LogP contribution is -2.70. The summed E-state index contributed by atoms with van der Waals surface area (Å²) in [5, 5.41) is 68.8. The molecule has 3 fully saturated rings. The minimum Gasteiger partial charge on any atom is -0.391 e. The van der Waals surface area contributed by atoms with Crippen molar-refractivity contribution in [1.82, 2.24) is 10.6 Å². The predicted octanol–water partition coefficient (Wildman–Crippen LogP) is -5.35. The van der Waals surface area contributed by atoms with Gasteiger partial charge in [0, 0.05) is 12.1 Å². The lowest BCUT2D eigenvalue weighted by atomic mass is 9.83. The monoisotopic (exact) mass is 510 g/mol. The maximum Gasteiger partial charge on any atom is 0.185 e. The zero-order valence-corrected chi connectivity index (χ0v) is 20.5. The summed E-state index contributed by atoms with van der Waals surface area (Å²) in [6, 6.07) is -3.06. The predicted molar refractivity (Wildman–Crippen MR) is 121 cm³/mol. The SMILES string of the molecule is CNC1CC(N)C(OC2OC(C(C)O)C(O)C(O)C2N)C(O)C1OC1OCC(C)(O)C(NC)C1O. The van der Waals surface area contributed by atoms with Crippen molar-refractivity contribution in [1.29, 1.82) is 0 Å². The fourth-order valence-corrected chi connectivity index (χ4v) is 5.18. The minimum atomic E-state index is -1.44. The molecule has 0 radical (unpaired) electrons. The summed E-state index contributed by atoms with van der Waals surface area (Å²) < 4.78 is 23.1. The zero-order chi connectivity index (χ0) is 26.2. The first-order valence-electron chi connectivity index (χ1n) is 11.9. The Labute approximate surface area is 204 Å². The average molecular weight is 511 g/mol. The molecule has 1 saturated carbocycles.